The van der Waals surface area contributed by atoms with Gasteiger partial charge in [0.25, 0.3) is 0 Å². The number of rotatable bonds is 3. The zero-order valence-corrected chi connectivity index (χ0v) is 12.1. The number of nitrogens with zero attached hydrogens (tertiary/aromatic N) is 1. The highest BCUT2D eigenvalue weighted by atomic mass is 32.1. The number of aryl methyl sites for hydroxylation is 2. The van der Waals surface area contributed by atoms with Crippen LogP contribution in [0.25, 0.3) is 0 Å². The van der Waals surface area contributed by atoms with Crippen LogP contribution in [0.5, 0.6) is 0 Å². The summed E-state index contributed by atoms with van der Waals surface area (Å²) < 4.78 is 0. The number of carbonyl (C=O) groups excluding carboxylic acids is 1. The van der Waals surface area contributed by atoms with Crippen LogP contribution < -0.4 is 11.0 Å². The highest BCUT2D eigenvalue weighted by Gasteiger charge is 2.45. The van der Waals surface area contributed by atoms with Crippen LogP contribution in [0.2, 0.25) is 0 Å². The van der Waals surface area contributed by atoms with E-state index < -0.39 is 5.69 Å². The third-order valence-electron chi connectivity index (χ3n) is 3.50. The number of amides is 1. The fourth-order valence-corrected chi connectivity index (χ4v) is 3.51. The fraction of sp³-hybridized carbons (Fsp3) is 0.357. The molecule has 2 N–H and O–H groups in total. The van der Waals surface area contributed by atoms with Crippen molar-refractivity contribution in [2.24, 2.45) is 5.92 Å². The molecule has 0 spiro atoms. The largest absolute Gasteiger partial charge is 0.347 e. The van der Waals surface area contributed by atoms with Gasteiger partial charge in [0.1, 0.15) is 5.82 Å². The molecule has 1 saturated carbocycles. The first-order valence-electron chi connectivity index (χ1n) is 6.47. The Bertz CT molecular complexity index is 719. The maximum Gasteiger partial charge on any atom is 0.347 e. The SMILES string of the molecule is Cc1cc(NC(=O)[C@H]2C[C@@H]2c2sccc2C)nc(=O)[nH]1. The van der Waals surface area contributed by atoms with Gasteiger partial charge in [-0.2, -0.15) is 4.98 Å². The van der Waals surface area contributed by atoms with Gasteiger partial charge in [0, 0.05) is 28.5 Å². The lowest BCUT2D eigenvalue weighted by Crippen LogP contribution is -2.20. The Hall–Kier alpha value is -1.95. The van der Waals surface area contributed by atoms with Crippen molar-refractivity contribution in [3.63, 3.8) is 0 Å². The number of aromatic amines is 1. The molecule has 1 aliphatic rings. The molecule has 1 fully saturated rings. The van der Waals surface area contributed by atoms with E-state index in [0.717, 1.165) is 6.42 Å². The zero-order valence-electron chi connectivity index (χ0n) is 11.3. The Morgan fingerprint density at radius 2 is 2.30 bits per heavy atom. The molecule has 2 heterocycles. The molecule has 3 rings (SSSR count). The number of carbonyl (C=O) groups is 1. The average molecular weight is 289 g/mol. The molecule has 1 amide bonds. The Morgan fingerprint density at radius 3 is 2.95 bits per heavy atom. The quantitative estimate of drug-likeness (QED) is 0.909. The molecule has 2 atom stereocenters. The number of hydrogen-bond donors (Lipinski definition) is 2. The maximum absolute atomic E-state index is 12.2. The first-order chi connectivity index (χ1) is 9.54. The van der Waals surface area contributed by atoms with Crippen LogP contribution in [0, 0.1) is 19.8 Å². The summed E-state index contributed by atoms with van der Waals surface area (Å²) in [5.41, 5.74) is 1.49. The predicted octanol–water partition coefficient (Wildman–Crippen LogP) is 2.19. The van der Waals surface area contributed by atoms with Gasteiger partial charge >= 0.3 is 5.69 Å². The number of aromatic nitrogens is 2. The normalized spacial score (nSPS) is 20.7. The molecule has 5 nitrogen and oxygen atoms in total. The summed E-state index contributed by atoms with van der Waals surface area (Å²) >= 11 is 1.70. The monoisotopic (exact) mass is 289 g/mol. The van der Waals surface area contributed by atoms with Gasteiger partial charge in [-0.25, -0.2) is 4.79 Å². The molecule has 104 valence electrons. The standard InChI is InChI=1S/C14H15N3O2S/c1-7-3-4-20-12(7)9-6-10(9)13(18)16-11-5-8(2)15-14(19)17-11/h3-5,9-10H,6H2,1-2H3,(H2,15,16,17,18,19)/t9-,10-/m0/s1. The lowest BCUT2D eigenvalue weighted by molar-refractivity contribution is -0.117. The highest BCUT2D eigenvalue weighted by molar-refractivity contribution is 7.10. The highest BCUT2D eigenvalue weighted by Crippen LogP contribution is 2.50. The second-order valence-corrected chi connectivity index (χ2v) is 6.11. The van der Waals surface area contributed by atoms with E-state index in [9.17, 15) is 9.59 Å². The lowest BCUT2D eigenvalue weighted by Gasteiger charge is -2.04. The summed E-state index contributed by atoms with van der Waals surface area (Å²) in [6.45, 7) is 3.83. The van der Waals surface area contributed by atoms with Crippen molar-refractivity contribution in [1.29, 1.82) is 0 Å². The molecule has 6 heteroatoms. The topological polar surface area (TPSA) is 74.8 Å². The molecule has 0 aliphatic heterocycles. The summed E-state index contributed by atoms with van der Waals surface area (Å²) in [5, 5.41) is 4.79. The Labute approximate surface area is 120 Å². The van der Waals surface area contributed by atoms with Gasteiger partial charge < -0.3 is 10.3 Å². The molecule has 20 heavy (non-hydrogen) atoms. The smallest absolute Gasteiger partial charge is 0.310 e. The molecule has 0 radical (unpaired) electrons. The molecule has 0 unspecified atom stereocenters. The van der Waals surface area contributed by atoms with Crippen molar-refractivity contribution in [2.75, 3.05) is 5.32 Å². The van der Waals surface area contributed by atoms with Crippen molar-refractivity contribution in [3.05, 3.63) is 44.1 Å². The third-order valence-corrected chi connectivity index (χ3v) is 4.65. The minimum Gasteiger partial charge on any atom is -0.310 e. The first kappa shape index (κ1) is 13.1. The lowest BCUT2D eigenvalue weighted by atomic mass is 10.2. The van der Waals surface area contributed by atoms with Gasteiger partial charge in [0.2, 0.25) is 5.91 Å². The van der Waals surface area contributed by atoms with Crippen molar-refractivity contribution in [3.8, 4) is 0 Å². The van der Waals surface area contributed by atoms with Crippen molar-refractivity contribution in [2.45, 2.75) is 26.2 Å². The first-order valence-corrected chi connectivity index (χ1v) is 7.35. The molecule has 0 bridgehead atoms. The van der Waals surface area contributed by atoms with E-state index in [2.05, 4.69) is 33.7 Å². The summed E-state index contributed by atoms with van der Waals surface area (Å²) in [4.78, 5) is 31.0. The summed E-state index contributed by atoms with van der Waals surface area (Å²) in [6, 6.07) is 3.74. The van der Waals surface area contributed by atoms with Crippen LogP contribution in [-0.4, -0.2) is 15.9 Å². The van der Waals surface area contributed by atoms with Crippen molar-refractivity contribution in [1.82, 2.24) is 9.97 Å². The Balaban J connectivity index is 1.70. The van der Waals surface area contributed by atoms with Crippen LogP contribution in [0.1, 0.15) is 28.5 Å². The second-order valence-electron chi connectivity index (χ2n) is 5.16. The number of hydrogen-bond acceptors (Lipinski definition) is 4. The Morgan fingerprint density at radius 1 is 1.50 bits per heavy atom. The van der Waals surface area contributed by atoms with Crippen LogP contribution >= 0.6 is 11.3 Å². The van der Waals surface area contributed by atoms with Gasteiger partial charge in [-0.3, -0.25) is 4.79 Å². The summed E-state index contributed by atoms with van der Waals surface area (Å²) in [5.74, 6) is 0.580. The number of H-pyrrole nitrogens is 1. The molecular weight excluding hydrogens is 274 g/mol. The van der Waals surface area contributed by atoms with E-state index in [1.807, 2.05) is 0 Å². The summed E-state index contributed by atoms with van der Waals surface area (Å²) in [7, 11) is 0. The number of anilines is 1. The number of thiophene rings is 1. The van der Waals surface area contributed by atoms with Crippen LogP contribution in [0.4, 0.5) is 5.82 Å². The average Bonchev–Trinajstić information content (AvgIpc) is 3.04. The Kier molecular flexibility index (Phi) is 3.17. The molecule has 2 aromatic rings. The van der Waals surface area contributed by atoms with E-state index in [1.165, 1.54) is 10.4 Å². The maximum atomic E-state index is 12.2. The van der Waals surface area contributed by atoms with Gasteiger partial charge in [-0.1, -0.05) is 0 Å². The van der Waals surface area contributed by atoms with Gasteiger partial charge in [0.15, 0.2) is 0 Å². The minimum absolute atomic E-state index is 0.00579. The van der Waals surface area contributed by atoms with Crippen molar-refractivity contribution >= 4 is 23.1 Å². The van der Waals surface area contributed by atoms with Gasteiger partial charge in [0.05, 0.1) is 0 Å². The van der Waals surface area contributed by atoms with Crippen LogP contribution in [-0.2, 0) is 4.79 Å². The van der Waals surface area contributed by atoms with E-state index in [1.54, 1.807) is 24.3 Å². The fourth-order valence-electron chi connectivity index (χ4n) is 2.40. The molecular formula is C14H15N3O2S. The zero-order chi connectivity index (χ0) is 14.3. The van der Waals surface area contributed by atoms with Crippen LogP contribution in [0.3, 0.4) is 0 Å². The second kappa shape index (κ2) is 4.86. The molecule has 0 saturated heterocycles. The molecule has 2 aromatic heterocycles. The van der Waals surface area contributed by atoms with E-state index >= 15 is 0 Å². The van der Waals surface area contributed by atoms with Crippen molar-refractivity contribution < 1.29 is 4.79 Å². The minimum atomic E-state index is -0.443. The number of nitrogens with one attached hydrogen (secondary N) is 2. The van der Waals surface area contributed by atoms with E-state index in [-0.39, 0.29) is 11.8 Å². The van der Waals surface area contributed by atoms with E-state index in [4.69, 9.17) is 0 Å². The third kappa shape index (κ3) is 2.51. The molecule has 0 aromatic carbocycles. The van der Waals surface area contributed by atoms with Gasteiger partial charge in [-0.15, -0.1) is 11.3 Å². The van der Waals surface area contributed by atoms with E-state index in [0.29, 0.717) is 17.4 Å². The predicted molar refractivity (Wildman–Crippen MR) is 78.1 cm³/mol. The van der Waals surface area contributed by atoms with Gasteiger partial charge in [-0.05, 0) is 37.3 Å². The summed E-state index contributed by atoms with van der Waals surface area (Å²) in [6.07, 6.45) is 0.870. The molecule has 1 aliphatic carbocycles. The van der Waals surface area contributed by atoms with Crippen LogP contribution in [0.15, 0.2) is 22.3 Å².